The van der Waals surface area contributed by atoms with E-state index < -0.39 is 23.6 Å². The van der Waals surface area contributed by atoms with E-state index in [0.29, 0.717) is 5.75 Å². The van der Waals surface area contributed by atoms with E-state index >= 15 is 0 Å². The van der Waals surface area contributed by atoms with Gasteiger partial charge in [-0.2, -0.15) is 5.10 Å². The number of hydrogen-bond acceptors (Lipinski definition) is 5. The molecule has 3 N–H and O–H groups in total. The maximum Gasteiger partial charge on any atom is 0.343 e. The first-order chi connectivity index (χ1) is 12.5. The summed E-state index contributed by atoms with van der Waals surface area (Å²) in [6.45, 7) is 1.30. The highest BCUT2D eigenvalue weighted by Crippen LogP contribution is 2.21. The summed E-state index contributed by atoms with van der Waals surface area (Å²) in [4.78, 5) is 35.0. The summed E-state index contributed by atoms with van der Waals surface area (Å²) in [5.41, 5.74) is 3.97. The first kappa shape index (κ1) is 17.2. The number of hydrogen-bond donors (Lipinski definition) is 3. The molecule has 134 valence electrons. The average molecular weight is 355 g/mol. The van der Waals surface area contributed by atoms with E-state index in [9.17, 15) is 14.4 Å². The standard InChI is InChI=1S/C17H17N5O4/c1-11(26-14-7-6-12-4-2-3-5-13(12)8-14)16(24)20-19-15(23)9-22-10-18-21-17(22)25/h2-8,10-11H,9H2,1H3,(H,19,23)(H,20,24)(H,21,25). The molecule has 0 radical (unpaired) electrons. The van der Waals surface area contributed by atoms with Crippen LogP contribution in [0.25, 0.3) is 10.8 Å². The van der Waals surface area contributed by atoms with Crippen LogP contribution < -0.4 is 21.3 Å². The number of carbonyl (C=O) groups is 2. The monoisotopic (exact) mass is 355 g/mol. The molecule has 2 amide bonds. The number of carbonyl (C=O) groups excluding carboxylic acids is 2. The highest BCUT2D eigenvalue weighted by molar-refractivity contribution is 5.85. The van der Waals surface area contributed by atoms with Gasteiger partial charge in [0.15, 0.2) is 6.10 Å². The van der Waals surface area contributed by atoms with Crippen molar-refractivity contribution in [3.63, 3.8) is 0 Å². The third kappa shape index (κ3) is 4.07. The van der Waals surface area contributed by atoms with E-state index in [-0.39, 0.29) is 6.54 Å². The Bertz CT molecular complexity index is 994. The van der Waals surface area contributed by atoms with Crippen LogP contribution in [0.5, 0.6) is 5.75 Å². The molecule has 0 saturated carbocycles. The summed E-state index contributed by atoms with van der Waals surface area (Å²) in [5, 5.41) is 7.74. The minimum Gasteiger partial charge on any atom is -0.481 e. The Morgan fingerprint density at radius 3 is 2.69 bits per heavy atom. The molecule has 0 aliphatic rings. The second kappa shape index (κ2) is 7.51. The van der Waals surface area contributed by atoms with Gasteiger partial charge in [0.2, 0.25) is 0 Å². The topological polar surface area (TPSA) is 118 Å². The maximum atomic E-state index is 12.0. The number of nitrogens with one attached hydrogen (secondary N) is 3. The van der Waals surface area contributed by atoms with Gasteiger partial charge in [-0.05, 0) is 29.8 Å². The number of benzene rings is 2. The van der Waals surface area contributed by atoms with E-state index in [1.807, 2.05) is 36.4 Å². The largest absolute Gasteiger partial charge is 0.481 e. The van der Waals surface area contributed by atoms with Crippen LogP contribution in [0.3, 0.4) is 0 Å². The van der Waals surface area contributed by atoms with Crippen molar-refractivity contribution in [3.8, 4) is 5.75 Å². The number of nitrogens with zero attached hydrogens (tertiary/aromatic N) is 2. The van der Waals surface area contributed by atoms with Gasteiger partial charge in [-0.15, -0.1) is 0 Å². The second-order valence-electron chi connectivity index (χ2n) is 5.60. The van der Waals surface area contributed by atoms with E-state index in [0.717, 1.165) is 15.3 Å². The van der Waals surface area contributed by atoms with Crippen LogP contribution in [0.4, 0.5) is 0 Å². The summed E-state index contributed by atoms with van der Waals surface area (Å²) < 4.78 is 6.67. The number of amides is 2. The molecule has 1 heterocycles. The van der Waals surface area contributed by atoms with Crippen molar-refractivity contribution in [2.24, 2.45) is 0 Å². The lowest BCUT2D eigenvalue weighted by Crippen LogP contribution is -2.48. The molecular weight excluding hydrogens is 338 g/mol. The summed E-state index contributed by atoms with van der Waals surface area (Å²) >= 11 is 0. The smallest absolute Gasteiger partial charge is 0.343 e. The lowest BCUT2D eigenvalue weighted by Gasteiger charge is -2.15. The number of hydrazine groups is 1. The lowest BCUT2D eigenvalue weighted by molar-refractivity contribution is -0.133. The SMILES string of the molecule is CC(Oc1ccc2ccccc2c1)C(=O)NNC(=O)Cn1cn[nH]c1=O. The fourth-order valence-electron chi connectivity index (χ4n) is 2.31. The van der Waals surface area contributed by atoms with Crippen LogP contribution in [0.2, 0.25) is 0 Å². The zero-order valence-corrected chi connectivity index (χ0v) is 13.9. The Morgan fingerprint density at radius 1 is 1.19 bits per heavy atom. The number of H-pyrrole nitrogens is 1. The van der Waals surface area contributed by atoms with Crippen molar-refractivity contribution in [1.29, 1.82) is 0 Å². The van der Waals surface area contributed by atoms with Crippen molar-refractivity contribution >= 4 is 22.6 Å². The van der Waals surface area contributed by atoms with Gasteiger partial charge < -0.3 is 4.74 Å². The summed E-state index contributed by atoms with van der Waals surface area (Å²) in [6.07, 6.45) is 0.364. The van der Waals surface area contributed by atoms with Gasteiger partial charge >= 0.3 is 5.69 Å². The zero-order chi connectivity index (χ0) is 18.5. The predicted octanol–water partition coefficient (Wildman–Crippen LogP) is 0.339. The van der Waals surface area contributed by atoms with E-state index in [1.54, 1.807) is 13.0 Å². The van der Waals surface area contributed by atoms with Crippen LogP contribution in [0.1, 0.15) is 6.92 Å². The maximum absolute atomic E-state index is 12.0. The van der Waals surface area contributed by atoms with Crippen LogP contribution in [-0.4, -0.2) is 32.7 Å². The van der Waals surface area contributed by atoms with Crippen molar-refractivity contribution in [2.75, 3.05) is 0 Å². The molecule has 0 bridgehead atoms. The minimum atomic E-state index is -0.826. The molecule has 3 rings (SSSR count). The average Bonchev–Trinajstić information content (AvgIpc) is 3.04. The fraction of sp³-hybridized carbons (Fsp3) is 0.176. The molecule has 26 heavy (non-hydrogen) atoms. The molecule has 0 aliphatic heterocycles. The van der Waals surface area contributed by atoms with Gasteiger partial charge in [0.25, 0.3) is 11.8 Å². The van der Waals surface area contributed by atoms with E-state index in [1.165, 1.54) is 6.33 Å². The van der Waals surface area contributed by atoms with Crippen molar-refractivity contribution < 1.29 is 14.3 Å². The first-order valence-corrected chi connectivity index (χ1v) is 7.87. The van der Waals surface area contributed by atoms with Gasteiger partial charge in [0.05, 0.1) is 0 Å². The Balaban J connectivity index is 1.53. The van der Waals surface area contributed by atoms with Crippen LogP contribution in [-0.2, 0) is 16.1 Å². The van der Waals surface area contributed by atoms with Crippen LogP contribution >= 0.6 is 0 Å². The van der Waals surface area contributed by atoms with Crippen LogP contribution in [0.15, 0.2) is 53.6 Å². The number of aromatic amines is 1. The predicted molar refractivity (Wildman–Crippen MR) is 93.2 cm³/mol. The molecule has 1 atom stereocenters. The quantitative estimate of drug-likeness (QED) is 0.571. The van der Waals surface area contributed by atoms with Gasteiger partial charge in [-0.3, -0.25) is 25.0 Å². The molecule has 1 aromatic heterocycles. The lowest BCUT2D eigenvalue weighted by atomic mass is 10.1. The molecule has 9 heteroatoms. The third-order valence-corrected chi connectivity index (χ3v) is 3.66. The van der Waals surface area contributed by atoms with E-state index in [4.69, 9.17) is 4.74 Å². The van der Waals surface area contributed by atoms with Crippen molar-refractivity contribution in [3.05, 3.63) is 59.3 Å². The molecule has 0 spiro atoms. The Hall–Kier alpha value is -3.62. The summed E-state index contributed by atoms with van der Waals surface area (Å²) in [7, 11) is 0. The molecular formula is C17H17N5O4. The third-order valence-electron chi connectivity index (χ3n) is 3.66. The first-order valence-electron chi connectivity index (χ1n) is 7.87. The van der Waals surface area contributed by atoms with Gasteiger partial charge in [0.1, 0.15) is 18.6 Å². The summed E-state index contributed by atoms with van der Waals surface area (Å²) in [5.74, 6) is -0.548. The molecule has 0 aliphatic carbocycles. The highest BCUT2D eigenvalue weighted by Gasteiger charge is 2.16. The minimum absolute atomic E-state index is 0.268. The Labute approximate surface area is 147 Å². The zero-order valence-electron chi connectivity index (χ0n) is 13.9. The van der Waals surface area contributed by atoms with Crippen LogP contribution in [0, 0.1) is 0 Å². The summed E-state index contributed by atoms with van der Waals surface area (Å²) in [6, 6.07) is 13.3. The second-order valence-corrected chi connectivity index (χ2v) is 5.60. The number of ether oxygens (including phenoxy) is 1. The van der Waals surface area contributed by atoms with Gasteiger partial charge in [-0.25, -0.2) is 9.89 Å². The number of aromatic nitrogens is 3. The van der Waals surface area contributed by atoms with Gasteiger partial charge in [-0.1, -0.05) is 30.3 Å². The molecule has 9 nitrogen and oxygen atoms in total. The van der Waals surface area contributed by atoms with E-state index in [2.05, 4.69) is 21.0 Å². The van der Waals surface area contributed by atoms with Crippen molar-refractivity contribution in [1.82, 2.24) is 25.6 Å². The number of fused-ring (bicyclic) bond motifs is 1. The molecule has 1 unspecified atom stereocenters. The Kier molecular flexibility index (Phi) is 4.97. The Morgan fingerprint density at radius 2 is 1.96 bits per heavy atom. The number of rotatable bonds is 5. The van der Waals surface area contributed by atoms with Crippen molar-refractivity contribution in [2.45, 2.75) is 19.6 Å². The molecule has 3 aromatic rings. The normalized spacial score (nSPS) is 11.7. The van der Waals surface area contributed by atoms with Gasteiger partial charge in [0, 0.05) is 0 Å². The molecule has 0 saturated heterocycles. The fourth-order valence-corrected chi connectivity index (χ4v) is 2.31. The molecule has 2 aromatic carbocycles. The molecule has 0 fully saturated rings. The highest BCUT2D eigenvalue weighted by atomic mass is 16.5.